The summed E-state index contributed by atoms with van der Waals surface area (Å²) in [5.74, 6) is -1.20. The van der Waals surface area contributed by atoms with Gasteiger partial charge in [0, 0.05) is 5.69 Å². The summed E-state index contributed by atoms with van der Waals surface area (Å²) in [6, 6.07) is 8.53. The molecule has 2 aromatic rings. The van der Waals surface area contributed by atoms with E-state index in [0.717, 1.165) is 21.6 Å². The number of rotatable bonds is 6. The largest absolute Gasteiger partial charge is 0.435 e. The van der Waals surface area contributed by atoms with E-state index in [9.17, 15) is 23.2 Å². The highest BCUT2D eigenvalue weighted by molar-refractivity contribution is 6.10. The topological polar surface area (TPSA) is 87.7 Å². The van der Waals surface area contributed by atoms with Crippen LogP contribution in [0.25, 0.3) is 0 Å². The Hall–Kier alpha value is -3.49. The van der Waals surface area contributed by atoms with E-state index in [-0.39, 0.29) is 5.75 Å². The fourth-order valence-electron chi connectivity index (χ4n) is 3.71. The maximum Gasteiger partial charge on any atom is 0.387 e. The summed E-state index contributed by atoms with van der Waals surface area (Å²) in [4.78, 5) is 38.8. The number of halogens is 2. The summed E-state index contributed by atoms with van der Waals surface area (Å²) in [6.45, 7) is 3.74. The Balaban J connectivity index is 1.75. The van der Waals surface area contributed by atoms with E-state index >= 15 is 0 Å². The first kappa shape index (κ1) is 22.2. The lowest BCUT2D eigenvalue weighted by atomic mass is 9.92. The number of aryl methyl sites for hydroxylation is 3. The van der Waals surface area contributed by atoms with Crippen molar-refractivity contribution in [2.75, 3.05) is 11.9 Å². The minimum Gasteiger partial charge on any atom is -0.435 e. The van der Waals surface area contributed by atoms with E-state index < -0.39 is 36.5 Å². The Morgan fingerprint density at radius 1 is 1.13 bits per heavy atom. The minimum absolute atomic E-state index is 0.0702. The van der Waals surface area contributed by atoms with E-state index in [2.05, 4.69) is 15.4 Å². The summed E-state index contributed by atoms with van der Waals surface area (Å²) in [5, 5.41) is 5.34. The van der Waals surface area contributed by atoms with Gasteiger partial charge in [0.25, 0.3) is 5.91 Å². The number of hydrogen-bond acceptors (Lipinski definition) is 4. The Labute approximate surface area is 178 Å². The second-order valence-electron chi connectivity index (χ2n) is 7.67. The summed E-state index contributed by atoms with van der Waals surface area (Å²) in [6.07, 6.45) is 0. The van der Waals surface area contributed by atoms with Gasteiger partial charge in [0.05, 0.1) is 0 Å². The molecule has 1 fully saturated rings. The Bertz CT molecular complexity index is 1020. The predicted molar refractivity (Wildman–Crippen MR) is 110 cm³/mol. The normalized spacial score (nSPS) is 18.4. The van der Waals surface area contributed by atoms with Gasteiger partial charge in [-0.1, -0.05) is 29.8 Å². The van der Waals surface area contributed by atoms with Gasteiger partial charge in [-0.2, -0.15) is 8.78 Å². The fraction of sp³-hybridized carbons (Fsp3) is 0.318. The summed E-state index contributed by atoms with van der Waals surface area (Å²) in [7, 11) is 0. The lowest BCUT2D eigenvalue weighted by Crippen LogP contribution is -2.42. The molecule has 3 rings (SSSR count). The molecular weight excluding hydrogens is 408 g/mol. The molecule has 0 spiro atoms. The van der Waals surface area contributed by atoms with Crippen LogP contribution in [0.5, 0.6) is 5.75 Å². The van der Waals surface area contributed by atoms with Crippen molar-refractivity contribution >= 4 is 23.5 Å². The molecule has 0 bridgehead atoms. The lowest BCUT2D eigenvalue weighted by molar-refractivity contribution is -0.133. The van der Waals surface area contributed by atoms with Crippen LogP contribution in [0.3, 0.4) is 0 Å². The van der Waals surface area contributed by atoms with Crippen LogP contribution in [0.4, 0.5) is 19.3 Å². The van der Waals surface area contributed by atoms with E-state index in [4.69, 9.17) is 0 Å². The SMILES string of the molecule is Cc1cc(C)c(NC(=O)CN2C(=O)N[C@@](C)(c3ccc(OC(F)F)cc3)C2=O)c(C)c1. The lowest BCUT2D eigenvalue weighted by Gasteiger charge is -2.22. The average Bonchev–Trinajstić information content (AvgIpc) is 2.89. The molecule has 1 aliphatic heterocycles. The first-order valence-corrected chi connectivity index (χ1v) is 9.58. The van der Waals surface area contributed by atoms with Gasteiger partial charge in [0.15, 0.2) is 0 Å². The number of amides is 4. The first-order chi connectivity index (χ1) is 14.5. The van der Waals surface area contributed by atoms with Gasteiger partial charge in [0.2, 0.25) is 5.91 Å². The van der Waals surface area contributed by atoms with E-state index in [1.807, 2.05) is 32.9 Å². The van der Waals surface area contributed by atoms with Gasteiger partial charge in [-0.05, 0) is 56.5 Å². The molecule has 0 aliphatic carbocycles. The number of urea groups is 1. The van der Waals surface area contributed by atoms with Crippen LogP contribution in [0.15, 0.2) is 36.4 Å². The van der Waals surface area contributed by atoms with E-state index in [1.54, 1.807) is 0 Å². The zero-order chi connectivity index (χ0) is 22.9. The number of anilines is 1. The summed E-state index contributed by atoms with van der Waals surface area (Å²) >= 11 is 0. The molecule has 0 aromatic heterocycles. The van der Waals surface area contributed by atoms with Crippen LogP contribution in [0.1, 0.15) is 29.2 Å². The first-order valence-electron chi connectivity index (χ1n) is 9.58. The predicted octanol–water partition coefficient (Wildman–Crippen LogP) is 3.62. The van der Waals surface area contributed by atoms with Gasteiger partial charge >= 0.3 is 12.6 Å². The number of alkyl halides is 2. The smallest absolute Gasteiger partial charge is 0.387 e. The van der Waals surface area contributed by atoms with Crippen molar-refractivity contribution in [1.29, 1.82) is 0 Å². The van der Waals surface area contributed by atoms with E-state index in [0.29, 0.717) is 11.3 Å². The highest BCUT2D eigenvalue weighted by Gasteiger charge is 2.49. The molecule has 9 heteroatoms. The molecule has 0 unspecified atom stereocenters. The van der Waals surface area contributed by atoms with Gasteiger partial charge in [0.1, 0.15) is 17.8 Å². The minimum atomic E-state index is -2.97. The maximum atomic E-state index is 13.0. The molecule has 1 saturated heterocycles. The van der Waals surface area contributed by atoms with Gasteiger partial charge in [-0.3, -0.25) is 14.5 Å². The molecule has 2 aromatic carbocycles. The third kappa shape index (κ3) is 4.50. The summed E-state index contributed by atoms with van der Waals surface area (Å²) in [5.41, 5.74) is 2.39. The number of carbonyl (C=O) groups excluding carboxylic acids is 3. The molecule has 1 aliphatic rings. The van der Waals surface area contributed by atoms with Crippen LogP contribution in [-0.2, 0) is 15.1 Å². The van der Waals surface area contributed by atoms with Crippen molar-refractivity contribution in [2.24, 2.45) is 0 Å². The highest BCUT2D eigenvalue weighted by Crippen LogP contribution is 2.30. The molecule has 0 radical (unpaired) electrons. The Kier molecular flexibility index (Phi) is 5.97. The van der Waals surface area contributed by atoms with Crippen molar-refractivity contribution in [3.63, 3.8) is 0 Å². The molecule has 0 saturated carbocycles. The maximum absolute atomic E-state index is 13.0. The van der Waals surface area contributed by atoms with Crippen LogP contribution < -0.4 is 15.4 Å². The third-order valence-electron chi connectivity index (χ3n) is 5.17. The highest BCUT2D eigenvalue weighted by atomic mass is 19.3. The molecule has 1 heterocycles. The second-order valence-corrected chi connectivity index (χ2v) is 7.67. The fourth-order valence-corrected chi connectivity index (χ4v) is 3.71. The van der Waals surface area contributed by atoms with Crippen LogP contribution in [-0.4, -0.2) is 35.9 Å². The number of hydrogen-bond donors (Lipinski definition) is 2. The van der Waals surface area contributed by atoms with Gasteiger partial charge < -0.3 is 15.4 Å². The van der Waals surface area contributed by atoms with Crippen molar-refractivity contribution in [1.82, 2.24) is 10.2 Å². The van der Waals surface area contributed by atoms with Crippen LogP contribution in [0.2, 0.25) is 0 Å². The van der Waals surface area contributed by atoms with Crippen molar-refractivity contribution in [3.8, 4) is 5.75 Å². The monoisotopic (exact) mass is 431 g/mol. The molecule has 4 amide bonds. The second kappa shape index (κ2) is 8.33. The zero-order valence-corrected chi connectivity index (χ0v) is 17.6. The van der Waals surface area contributed by atoms with E-state index in [1.165, 1.54) is 31.2 Å². The quantitative estimate of drug-likeness (QED) is 0.684. The standard InChI is InChI=1S/C22H23F2N3O4/c1-12-9-13(2)18(14(3)10-12)25-17(28)11-27-19(29)22(4,26-21(27)30)15-5-7-16(8-6-15)31-20(23)24/h5-10,20H,11H2,1-4H3,(H,25,28)(H,26,30)/t22-/m0/s1. The van der Waals surface area contributed by atoms with Gasteiger partial charge in [-0.15, -0.1) is 0 Å². The molecular formula is C22H23F2N3O4. The average molecular weight is 431 g/mol. The number of ether oxygens (including phenoxy) is 1. The van der Waals surface area contributed by atoms with Crippen LogP contribution in [0, 0.1) is 20.8 Å². The molecule has 1 atom stereocenters. The number of nitrogens with one attached hydrogen (secondary N) is 2. The molecule has 7 nitrogen and oxygen atoms in total. The number of carbonyl (C=O) groups is 3. The van der Waals surface area contributed by atoms with Crippen molar-refractivity contribution in [2.45, 2.75) is 39.8 Å². The molecule has 2 N–H and O–H groups in total. The van der Waals surface area contributed by atoms with Crippen molar-refractivity contribution < 1.29 is 27.9 Å². The number of nitrogens with zero attached hydrogens (tertiary/aromatic N) is 1. The van der Waals surface area contributed by atoms with Crippen LogP contribution >= 0.6 is 0 Å². The number of imide groups is 1. The zero-order valence-electron chi connectivity index (χ0n) is 17.6. The third-order valence-corrected chi connectivity index (χ3v) is 5.17. The Morgan fingerprint density at radius 3 is 2.26 bits per heavy atom. The Morgan fingerprint density at radius 2 is 1.71 bits per heavy atom. The molecule has 31 heavy (non-hydrogen) atoms. The van der Waals surface area contributed by atoms with Gasteiger partial charge in [-0.25, -0.2) is 4.79 Å². The number of benzene rings is 2. The van der Waals surface area contributed by atoms with Crippen molar-refractivity contribution in [3.05, 3.63) is 58.7 Å². The summed E-state index contributed by atoms with van der Waals surface area (Å²) < 4.78 is 29.0. The molecule has 164 valence electrons.